The molecule has 0 aliphatic carbocycles. The maximum atomic E-state index is 13.0. The van der Waals surface area contributed by atoms with Crippen molar-refractivity contribution in [3.63, 3.8) is 0 Å². The van der Waals surface area contributed by atoms with Gasteiger partial charge >= 0.3 is 5.97 Å². The van der Waals surface area contributed by atoms with Crippen LogP contribution in [-0.4, -0.2) is 47.1 Å². The molecule has 0 aromatic heterocycles. The molecule has 9 heteroatoms. The number of amides is 1. The molecule has 0 bridgehead atoms. The summed E-state index contributed by atoms with van der Waals surface area (Å²) in [7, 11) is -0.993. The second-order valence-corrected chi connectivity index (χ2v) is 8.48. The van der Waals surface area contributed by atoms with Gasteiger partial charge in [0.05, 0.1) is 23.3 Å². The van der Waals surface area contributed by atoms with E-state index in [1.54, 1.807) is 24.3 Å². The second kappa shape index (κ2) is 10.1. The lowest BCUT2D eigenvalue weighted by atomic mass is 10.2. The molecule has 0 saturated heterocycles. The first kappa shape index (κ1) is 23.2. The van der Waals surface area contributed by atoms with Crippen molar-refractivity contribution in [3.8, 4) is 5.75 Å². The summed E-state index contributed by atoms with van der Waals surface area (Å²) >= 11 is 0. The fourth-order valence-corrected chi connectivity index (χ4v) is 3.82. The predicted octanol–water partition coefficient (Wildman–Crippen LogP) is 2.59. The molecule has 1 N–H and O–H groups in total. The van der Waals surface area contributed by atoms with Gasteiger partial charge in [-0.15, -0.1) is 0 Å². The van der Waals surface area contributed by atoms with Crippen LogP contribution in [0.15, 0.2) is 53.4 Å². The number of carbonyl (C=O) groups excluding carboxylic acids is 2. The Morgan fingerprint density at radius 3 is 2.33 bits per heavy atom. The Labute approximate surface area is 176 Å². The standard InChI is InChI=1S/C21H26N2O6S/c1-5-14-22-20(24)15(2)29-21(25)16-10-12-17(13-11-16)30(26,27)23(3)18-8-6-7-9-19(18)28-4/h6-13,15H,5,14H2,1-4H3,(H,22,24)/t15-/m1/s1. The number of carbonyl (C=O) groups is 2. The Hall–Kier alpha value is -3.07. The monoisotopic (exact) mass is 434 g/mol. The van der Waals surface area contributed by atoms with E-state index in [-0.39, 0.29) is 16.4 Å². The molecule has 30 heavy (non-hydrogen) atoms. The van der Waals surface area contributed by atoms with E-state index in [4.69, 9.17) is 9.47 Å². The highest BCUT2D eigenvalue weighted by Gasteiger charge is 2.24. The van der Waals surface area contributed by atoms with Crippen LogP contribution in [0.1, 0.15) is 30.6 Å². The number of ether oxygens (including phenoxy) is 2. The Balaban J connectivity index is 2.16. The molecule has 2 aromatic carbocycles. The number of esters is 1. The number of para-hydroxylation sites is 2. The van der Waals surface area contributed by atoms with Crippen LogP contribution in [-0.2, 0) is 19.6 Å². The summed E-state index contributed by atoms with van der Waals surface area (Å²) in [6.07, 6.45) is -0.185. The Kier molecular flexibility index (Phi) is 7.82. The molecule has 162 valence electrons. The van der Waals surface area contributed by atoms with Crippen LogP contribution < -0.4 is 14.4 Å². The lowest BCUT2D eigenvalue weighted by Crippen LogP contribution is -2.36. The van der Waals surface area contributed by atoms with Crippen molar-refractivity contribution in [1.82, 2.24) is 5.32 Å². The van der Waals surface area contributed by atoms with Crippen molar-refractivity contribution >= 4 is 27.6 Å². The molecule has 0 unspecified atom stereocenters. The van der Waals surface area contributed by atoms with Crippen molar-refractivity contribution in [2.75, 3.05) is 25.0 Å². The molecular weight excluding hydrogens is 408 g/mol. The molecule has 1 atom stereocenters. The number of nitrogens with zero attached hydrogens (tertiary/aromatic N) is 1. The van der Waals surface area contributed by atoms with Crippen molar-refractivity contribution in [1.29, 1.82) is 0 Å². The number of hydrogen-bond acceptors (Lipinski definition) is 6. The van der Waals surface area contributed by atoms with Gasteiger partial charge in [0.1, 0.15) is 5.75 Å². The molecule has 8 nitrogen and oxygen atoms in total. The first-order chi connectivity index (χ1) is 14.2. The van der Waals surface area contributed by atoms with Crippen LogP contribution in [0.4, 0.5) is 5.69 Å². The van der Waals surface area contributed by atoms with Crippen LogP contribution in [0.3, 0.4) is 0 Å². The van der Waals surface area contributed by atoms with E-state index < -0.39 is 22.1 Å². The zero-order valence-electron chi connectivity index (χ0n) is 17.4. The SMILES string of the molecule is CCCNC(=O)[C@@H](C)OC(=O)c1ccc(S(=O)(=O)N(C)c2ccccc2OC)cc1. The summed E-state index contributed by atoms with van der Waals surface area (Å²) in [4.78, 5) is 24.1. The quantitative estimate of drug-likeness (QED) is 0.609. The van der Waals surface area contributed by atoms with Gasteiger partial charge < -0.3 is 14.8 Å². The van der Waals surface area contributed by atoms with E-state index in [0.717, 1.165) is 10.7 Å². The minimum Gasteiger partial charge on any atom is -0.495 e. The molecule has 0 spiro atoms. The van der Waals surface area contributed by atoms with Gasteiger partial charge in [-0.3, -0.25) is 9.10 Å². The van der Waals surface area contributed by atoms with Crippen LogP contribution >= 0.6 is 0 Å². The first-order valence-corrected chi connectivity index (χ1v) is 10.9. The van der Waals surface area contributed by atoms with E-state index in [1.165, 1.54) is 45.3 Å². The zero-order valence-corrected chi connectivity index (χ0v) is 18.2. The normalized spacial score (nSPS) is 12.0. The zero-order chi connectivity index (χ0) is 22.3. The van der Waals surface area contributed by atoms with Crippen molar-refractivity contribution < 1.29 is 27.5 Å². The average molecular weight is 435 g/mol. The Morgan fingerprint density at radius 2 is 1.73 bits per heavy atom. The highest BCUT2D eigenvalue weighted by molar-refractivity contribution is 7.92. The summed E-state index contributed by atoms with van der Waals surface area (Å²) in [6, 6.07) is 12.1. The minimum absolute atomic E-state index is 0.00111. The Morgan fingerprint density at radius 1 is 1.10 bits per heavy atom. The van der Waals surface area contributed by atoms with Gasteiger partial charge in [-0.25, -0.2) is 13.2 Å². The molecule has 0 fully saturated rings. The smallest absolute Gasteiger partial charge is 0.338 e. The molecule has 0 aliphatic heterocycles. The number of anilines is 1. The van der Waals surface area contributed by atoms with Crippen molar-refractivity contribution in [3.05, 3.63) is 54.1 Å². The van der Waals surface area contributed by atoms with E-state index in [2.05, 4.69) is 5.32 Å². The van der Waals surface area contributed by atoms with E-state index in [9.17, 15) is 18.0 Å². The van der Waals surface area contributed by atoms with Crippen LogP contribution in [0, 0.1) is 0 Å². The van der Waals surface area contributed by atoms with Crippen LogP contribution in [0.25, 0.3) is 0 Å². The maximum absolute atomic E-state index is 13.0. The fraction of sp³-hybridized carbons (Fsp3) is 0.333. The first-order valence-electron chi connectivity index (χ1n) is 9.43. The molecule has 0 aliphatic rings. The highest BCUT2D eigenvalue weighted by atomic mass is 32.2. The minimum atomic E-state index is -3.88. The third-order valence-electron chi connectivity index (χ3n) is 4.38. The second-order valence-electron chi connectivity index (χ2n) is 6.51. The van der Waals surface area contributed by atoms with Gasteiger partial charge in [-0.1, -0.05) is 19.1 Å². The van der Waals surface area contributed by atoms with Crippen LogP contribution in [0.5, 0.6) is 5.75 Å². The van der Waals surface area contributed by atoms with Gasteiger partial charge in [0, 0.05) is 13.6 Å². The third kappa shape index (κ3) is 5.29. The average Bonchev–Trinajstić information content (AvgIpc) is 2.76. The molecule has 0 radical (unpaired) electrons. The lowest BCUT2D eigenvalue weighted by molar-refractivity contribution is -0.129. The summed E-state index contributed by atoms with van der Waals surface area (Å²) < 4.78 is 37.4. The van der Waals surface area contributed by atoms with Crippen LogP contribution in [0.2, 0.25) is 0 Å². The molecule has 0 heterocycles. The van der Waals surface area contributed by atoms with E-state index in [0.29, 0.717) is 18.0 Å². The number of hydrogen-bond donors (Lipinski definition) is 1. The van der Waals surface area contributed by atoms with Gasteiger partial charge in [0.15, 0.2) is 6.10 Å². The van der Waals surface area contributed by atoms with Crippen molar-refractivity contribution in [2.24, 2.45) is 0 Å². The largest absolute Gasteiger partial charge is 0.495 e. The van der Waals surface area contributed by atoms with Gasteiger partial charge in [0.2, 0.25) is 0 Å². The van der Waals surface area contributed by atoms with Gasteiger partial charge in [-0.2, -0.15) is 0 Å². The topological polar surface area (TPSA) is 102 Å². The summed E-state index contributed by atoms with van der Waals surface area (Å²) in [6.45, 7) is 3.88. The predicted molar refractivity (Wildman–Crippen MR) is 113 cm³/mol. The maximum Gasteiger partial charge on any atom is 0.338 e. The summed E-state index contributed by atoms with van der Waals surface area (Å²) in [5.74, 6) is -0.682. The van der Waals surface area contributed by atoms with Gasteiger partial charge in [0.25, 0.3) is 15.9 Å². The number of benzene rings is 2. The molecule has 1 amide bonds. The molecular formula is C21H26N2O6S. The third-order valence-corrected chi connectivity index (χ3v) is 6.16. The van der Waals surface area contributed by atoms with E-state index >= 15 is 0 Å². The molecule has 2 aromatic rings. The number of sulfonamides is 1. The lowest BCUT2D eigenvalue weighted by Gasteiger charge is -2.21. The number of rotatable bonds is 9. The molecule has 0 saturated carbocycles. The highest BCUT2D eigenvalue weighted by Crippen LogP contribution is 2.30. The van der Waals surface area contributed by atoms with E-state index in [1.807, 2.05) is 6.92 Å². The number of nitrogens with one attached hydrogen (secondary N) is 1. The fourth-order valence-electron chi connectivity index (χ4n) is 2.61. The number of methoxy groups -OCH3 is 1. The van der Waals surface area contributed by atoms with Gasteiger partial charge in [-0.05, 0) is 49.7 Å². The van der Waals surface area contributed by atoms with Crippen molar-refractivity contribution in [2.45, 2.75) is 31.3 Å². The summed E-state index contributed by atoms with van der Waals surface area (Å²) in [5, 5.41) is 2.64. The molecule has 2 rings (SSSR count). The summed E-state index contributed by atoms with van der Waals surface area (Å²) in [5.41, 5.74) is 0.527. The Bertz CT molecular complexity index is 989.